The molecule has 3 atom stereocenters. The van der Waals surface area contributed by atoms with Crippen molar-refractivity contribution in [2.24, 2.45) is 11.3 Å². The van der Waals surface area contributed by atoms with E-state index in [1.165, 1.54) is 44.1 Å². The van der Waals surface area contributed by atoms with Gasteiger partial charge in [-0.05, 0) is 76.5 Å². The van der Waals surface area contributed by atoms with E-state index < -0.39 is 0 Å². The Bertz CT molecular complexity index is 408. The molecule has 2 aliphatic rings. The Morgan fingerprint density at radius 2 is 1.86 bits per heavy atom. The van der Waals surface area contributed by atoms with Crippen LogP contribution in [0.2, 0.25) is 0 Å². The van der Waals surface area contributed by atoms with Gasteiger partial charge in [0.25, 0.3) is 0 Å². The lowest BCUT2D eigenvalue weighted by Crippen LogP contribution is -2.44. The number of hydrogen-bond acceptors (Lipinski definition) is 1. The molecule has 2 rings (SSSR count). The van der Waals surface area contributed by atoms with Crippen LogP contribution in [0.4, 0.5) is 0 Å². The fourth-order valence-corrected chi connectivity index (χ4v) is 4.51. The molecule has 0 spiro atoms. The number of ether oxygens (including phenoxy) is 1. The maximum absolute atomic E-state index is 6.46. The minimum Gasteiger partial charge on any atom is -0.365 e. The van der Waals surface area contributed by atoms with Crippen molar-refractivity contribution >= 4 is 0 Å². The topological polar surface area (TPSA) is 9.23 Å². The summed E-state index contributed by atoms with van der Waals surface area (Å²) >= 11 is 0. The molecule has 1 saturated carbocycles. The molecular formula is C20H34O. The predicted molar refractivity (Wildman–Crippen MR) is 91.4 cm³/mol. The normalized spacial score (nSPS) is 40.0. The maximum atomic E-state index is 6.46. The smallest absolute Gasteiger partial charge is 0.0839 e. The zero-order valence-corrected chi connectivity index (χ0v) is 14.6. The van der Waals surface area contributed by atoms with Crippen molar-refractivity contribution in [1.82, 2.24) is 0 Å². The zero-order chi connectivity index (χ0) is 15.7. The van der Waals surface area contributed by atoms with Crippen LogP contribution in [-0.4, -0.2) is 11.2 Å². The third-order valence-electron chi connectivity index (χ3n) is 6.01. The first-order chi connectivity index (χ1) is 9.70. The SMILES string of the molecule is C=C[C@@]1(C)CCC[C@@](C)(CC[C@@H]2C(=C)CCCC2(C)C)O1. The van der Waals surface area contributed by atoms with Gasteiger partial charge in [-0.1, -0.05) is 32.1 Å². The third-order valence-corrected chi connectivity index (χ3v) is 6.01. The summed E-state index contributed by atoms with van der Waals surface area (Å²) < 4.78 is 6.46. The van der Waals surface area contributed by atoms with Gasteiger partial charge in [0.2, 0.25) is 0 Å². The molecule has 0 unspecified atom stereocenters. The minimum absolute atomic E-state index is 0.00893. The van der Waals surface area contributed by atoms with Crippen LogP contribution in [-0.2, 0) is 4.74 Å². The van der Waals surface area contributed by atoms with Crippen molar-refractivity contribution in [3.63, 3.8) is 0 Å². The van der Waals surface area contributed by atoms with E-state index in [9.17, 15) is 0 Å². The third kappa shape index (κ3) is 3.80. The lowest BCUT2D eigenvalue weighted by Gasteiger charge is -2.46. The van der Waals surface area contributed by atoms with Gasteiger partial charge in [0.05, 0.1) is 11.2 Å². The Kier molecular flexibility index (Phi) is 4.73. The predicted octanol–water partition coefficient (Wildman–Crippen LogP) is 6.05. The van der Waals surface area contributed by atoms with Gasteiger partial charge in [-0.25, -0.2) is 0 Å². The number of allylic oxidation sites excluding steroid dienone is 1. The van der Waals surface area contributed by atoms with Gasteiger partial charge in [-0.15, -0.1) is 6.58 Å². The molecule has 1 saturated heterocycles. The molecule has 0 aromatic carbocycles. The van der Waals surface area contributed by atoms with E-state index in [1.807, 2.05) is 6.08 Å². The van der Waals surface area contributed by atoms with E-state index in [4.69, 9.17) is 4.74 Å². The highest BCUT2D eigenvalue weighted by molar-refractivity contribution is 5.10. The number of rotatable bonds is 4. The Balaban J connectivity index is 2.01. The summed E-state index contributed by atoms with van der Waals surface area (Å²) in [6.07, 6.45) is 11.7. The standard InChI is InChI=1S/C20H34O/c1-7-19(5)13-9-14-20(6,21-19)15-11-17-16(2)10-8-12-18(17,3)4/h7,17H,1-2,8-15H2,3-6H3/t17-,19+,20+/m1/s1. The first-order valence-electron chi connectivity index (χ1n) is 8.71. The maximum Gasteiger partial charge on any atom is 0.0839 e. The Hall–Kier alpha value is -0.560. The highest BCUT2D eigenvalue weighted by Crippen LogP contribution is 2.47. The van der Waals surface area contributed by atoms with Crippen molar-refractivity contribution in [3.05, 3.63) is 24.8 Å². The summed E-state index contributed by atoms with van der Waals surface area (Å²) in [6, 6.07) is 0. The Morgan fingerprint density at radius 1 is 1.14 bits per heavy atom. The fraction of sp³-hybridized carbons (Fsp3) is 0.800. The average molecular weight is 290 g/mol. The molecule has 1 nitrogen and oxygen atoms in total. The molecule has 1 aliphatic carbocycles. The summed E-state index contributed by atoms with van der Waals surface area (Å²) in [5.41, 5.74) is 1.75. The van der Waals surface area contributed by atoms with Gasteiger partial charge in [-0.2, -0.15) is 0 Å². The summed E-state index contributed by atoms with van der Waals surface area (Å²) in [5, 5.41) is 0. The molecular weight excluding hydrogens is 256 g/mol. The van der Waals surface area contributed by atoms with E-state index in [2.05, 4.69) is 40.9 Å². The number of hydrogen-bond donors (Lipinski definition) is 0. The van der Waals surface area contributed by atoms with Crippen LogP contribution >= 0.6 is 0 Å². The van der Waals surface area contributed by atoms with E-state index in [-0.39, 0.29) is 11.2 Å². The fourth-order valence-electron chi connectivity index (χ4n) is 4.51. The van der Waals surface area contributed by atoms with Gasteiger partial charge >= 0.3 is 0 Å². The van der Waals surface area contributed by atoms with Crippen molar-refractivity contribution in [2.75, 3.05) is 0 Å². The lowest BCUT2D eigenvalue weighted by molar-refractivity contribution is -0.155. The Labute approximate surface area is 131 Å². The van der Waals surface area contributed by atoms with E-state index >= 15 is 0 Å². The monoisotopic (exact) mass is 290 g/mol. The molecule has 21 heavy (non-hydrogen) atoms. The molecule has 120 valence electrons. The van der Waals surface area contributed by atoms with Gasteiger partial charge < -0.3 is 4.74 Å². The second-order valence-electron chi connectivity index (χ2n) is 8.51. The molecule has 1 heterocycles. The van der Waals surface area contributed by atoms with Crippen molar-refractivity contribution in [3.8, 4) is 0 Å². The van der Waals surface area contributed by atoms with Gasteiger partial charge in [0, 0.05) is 0 Å². The molecule has 1 aliphatic heterocycles. The minimum atomic E-state index is -0.133. The lowest BCUT2D eigenvalue weighted by atomic mass is 9.64. The average Bonchev–Trinajstić information content (AvgIpc) is 2.37. The second-order valence-corrected chi connectivity index (χ2v) is 8.51. The zero-order valence-electron chi connectivity index (χ0n) is 14.6. The highest BCUT2D eigenvalue weighted by atomic mass is 16.5. The van der Waals surface area contributed by atoms with E-state index in [1.54, 1.807) is 0 Å². The van der Waals surface area contributed by atoms with Crippen LogP contribution in [0, 0.1) is 11.3 Å². The summed E-state index contributed by atoms with van der Waals surface area (Å²) in [5.74, 6) is 0.656. The van der Waals surface area contributed by atoms with Crippen LogP contribution in [0.1, 0.15) is 79.1 Å². The summed E-state index contributed by atoms with van der Waals surface area (Å²) in [6.45, 7) is 17.6. The molecule has 0 N–H and O–H groups in total. The molecule has 2 fully saturated rings. The van der Waals surface area contributed by atoms with Crippen LogP contribution in [0.25, 0.3) is 0 Å². The molecule has 0 aromatic heterocycles. The van der Waals surface area contributed by atoms with Crippen LogP contribution in [0.3, 0.4) is 0 Å². The van der Waals surface area contributed by atoms with Crippen molar-refractivity contribution in [1.29, 1.82) is 0 Å². The summed E-state index contributed by atoms with van der Waals surface area (Å²) in [4.78, 5) is 0. The summed E-state index contributed by atoms with van der Waals surface area (Å²) in [7, 11) is 0. The van der Waals surface area contributed by atoms with Crippen LogP contribution in [0.15, 0.2) is 24.8 Å². The molecule has 0 bridgehead atoms. The largest absolute Gasteiger partial charge is 0.365 e. The van der Waals surface area contributed by atoms with E-state index in [0.717, 1.165) is 12.8 Å². The first-order valence-corrected chi connectivity index (χ1v) is 8.71. The molecule has 0 amide bonds. The van der Waals surface area contributed by atoms with Crippen LogP contribution in [0.5, 0.6) is 0 Å². The quantitative estimate of drug-likeness (QED) is 0.572. The second kappa shape index (κ2) is 5.91. The van der Waals surface area contributed by atoms with Gasteiger partial charge in [0.1, 0.15) is 0 Å². The Morgan fingerprint density at radius 3 is 2.48 bits per heavy atom. The van der Waals surface area contributed by atoms with Gasteiger partial charge in [-0.3, -0.25) is 0 Å². The molecule has 1 heteroatoms. The van der Waals surface area contributed by atoms with E-state index in [0.29, 0.717) is 11.3 Å². The van der Waals surface area contributed by atoms with Crippen LogP contribution < -0.4 is 0 Å². The van der Waals surface area contributed by atoms with Gasteiger partial charge in [0.15, 0.2) is 0 Å². The van der Waals surface area contributed by atoms with Crippen molar-refractivity contribution in [2.45, 2.75) is 90.3 Å². The van der Waals surface area contributed by atoms with Crippen molar-refractivity contribution < 1.29 is 4.74 Å². The first kappa shape index (κ1) is 16.8. The molecule has 0 aromatic rings. The molecule has 0 radical (unpaired) electrons. The highest BCUT2D eigenvalue weighted by Gasteiger charge is 2.40.